The molecule has 0 aliphatic heterocycles. The molecule has 52 heavy (non-hydrogen) atoms. The largest absolute Gasteiger partial charge is 0.309 e. The van der Waals surface area contributed by atoms with E-state index in [2.05, 4.69) is 203 Å². The quantitative estimate of drug-likeness (QED) is 0.166. The highest BCUT2D eigenvalue weighted by molar-refractivity contribution is 6.13. The molecule has 11 aromatic rings. The fourth-order valence-corrected chi connectivity index (χ4v) is 8.42. The van der Waals surface area contributed by atoms with Crippen LogP contribution in [-0.4, -0.2) is 9.13 Å². The first-order valence-corrected chi connectivity index (χ1v) is 17.9. The Balaban J connectivity index is 1.08. The van der Waals surface area contributed by atoms with E-state index in [1.807, 2.05) is 0 Å². The van der Waals surface area contributed by atoms with E-state index in [0.29, 0.717) is 0 Å². The van der Waals surface area contributed by atoms with Crippen LogP contribution in [0.1, 0.15) is 0 Å². The van der Waals surface area contributed by atoms with Crippen LogP contribution in [0.5, 0.6) is 0 Å². The molecule has 11 rings (SSSR count). The van der Waals surface area contributed by atoms with Crippen molar-refractivity contribution in [3.8, 4) is 33.6 Å². The van der Waals surface area contributed by atoms with Gasteiger partial charge in [0, 0.05) is 32.9 Å². The highest BCUT2D eigenvalue weighted by atomic mass is 15.0. The predicted octanol–water partition coefficient (Wildman–Crippen LogP) is 13.5. The first-order chi connectivity index (χ1) is 25.8. The van der Waals surface area contributed by atoms with Gasteiger partial charge in [0.1, 0.15) is 0 Å². The van der Waals surface area contributed by atoms with Crippen LogP contribution in [0.4, 0.5) is 0 Å². The molecule has 0 radical (unpaired) electrons. The summed E-state index contributed by atoms with van der Waals surface area (Å²) >= 11 is 0. The Kier molecular flexibility index (Phi) is 6.28. The lowest BCUT2D eigenvalue weighted by atomic mass is 9.94. The van der Waals surface area contributed by atoms with E-state index in [9.17, 15) is 0 Å². The Labute approximate surface area is 301 Å². The minimum absolute atomic E-state index is 1.17. The normalized spacial score (nSPS) is 11.8. The molecule has 0 aliphatic rings. The summed E-state index contributed by atoms with van der Waals surface area (Å²) in [5.41, 5.74) is 12.1. The van der Waals surface area contributed by atoms with Gasteiger partial charge in [0.15, 0.2) is 0 Å². The molecule has 0 N–H and O–H groups in total. The number of hydrogen-bond acceptors (Lipinski definition) is 0. The van der Waals surface area contributed by atoms with Gasteiger partial charge in [-0.05, 0) is 104 Å². The molecule has 2 heterocycles. The minimum atomic E-state index is 1.17. The summed E-state index contributed by atoms with van der Waals surface area (Å²) in [7, 11) is 0. The molecule has 9 aromatic carbocycles. The average Bonchev–Trinajstić information content (AvgIpc) is 3.73. The number of benzene rings is 9. The van der Waals surface area contributed by atoms with Crippen molar-refractivity contribution in [3.63, 3.8) is 0 Å². The van der Waals surface area contributed by atoms with E-state index >= 15 is 0 Å². The maximum atomic E-state index is 2.39. The SMILES string of the molecule is c1ccc(-n2c3ccccc3c3ccc(-c4ccc5ccc6ccc(-c7ccc8c9ccccc9n(-c9ccccc9)c8c7)cc6c5c4)cc32)cc1. The lowest BCUT2D eigenvalue weighted by Gasteiger charge is -2.12. The summed E-state index contributed by atoms with van der Waals surface area (Å²) in [6, 6.07) is 71.1. The summed E-state index contributed by atoms with van der Waals surface area (Å²) in [4.78, 5) is 0. The first kappa shape index (κ1) is 28.9. The van der Waals surface area contributed by atoms with E-state index in [0.717, 1.165) is 0 Å². The van der Waals surface area contributed by atoms with Crippen molar-refractivity contribution in [2.24, 2.45) is 0 Å². The molecule has 0 aliphatic carbocycles. The second-order valence-electron chi connectivity index (χ2n) is 13.8. The van der Waals surface area contributed by atoms with Crippen molar-refractivity contribution >= 4 is 65.2 Å². The molecule has 0 atom stereocenters. The van der Waals surface area contributed by atoms with Gasteiger partial charge in [0.2, 0.25) is 0 Å². The summed E-state index contributed by atoms with van der Waals surface area (Å²) in [5, 5.41) is 10.1. The third kappa shape index (κ3) is 4.38. The zero-order chi connectivity index (χ0) is 34.2. The summed E-state index contributed by atoms with van der Waals surface area (Å²) in [6.45, 7) is 0. The van der Waals surface area contributed by atoms with Crippen molar-refractivity contribution in [2.45, 2.75) is 0 Å². The summed E-state index contributed by atoms with van der Waals surface area (Å²) in [6.07, 6.45) is 0. The maximum absolute atomic E-state index is 2.39. The van der Waals surface area contributed by atoms with E-state index in [4.69, 9.17) is 0 Å². The molecule has 0 unspecified atom stereocenters. The van der Waals surface area contributed by atoms with Crippen LogP contribution in [0.15, 0.2) is 194 Å². The fraction of sp³-hybridized carbons (Fsp3) is 0. The summed E-state index contributed by atoms with van der Waals surface area (Å²) < 4.78 is 4.79. The maximum Gasteiger partial charge on any atom is 0.0547 e. The molecule has 0 bridgehead atoms. The van der Waals surface area contributed by atoms with Gasteiger partial charge in [-0.2, -0.15) is 0 Å². The fourth-order valence-electron chi connectivity index (χ4n) is 8.42. The molecule has 242 valence electrons. The van der Waals surface area contributed by atoms with Crippen LogP contribution < -0.4 is 0 Å². The second kappa shape index (κ2) is 11.3. The smallest absolute Gasteiger partial charge is 0.0547 e. The van der Waals surface area contributed by atoms with E-state index in [1.165, 1.54) is 98.8 Å². The molecule has 0 saturated carbocycles. The number of aromatic nitrogens is 2. The van der Waals surface area contributed by atoms with Crippen molar-refractivity contribution in [1.29, 1.82) is 0 Å². The van der Waals surface area contributed by atoms with Gasteiger partial charge in [-0.1, -0.05) is 133 Å². The van der Waals surface area contributed by atoms with E-state index in [1.54, 1.807) is 0 Å². The number of nitrogens with zero attached hydrogens (tertiary/aromatic N) is 2. The lowest BCUT2D eigenvalue weighted by Crippen LogP contribution is -1.93. The third-order valence-electron chi connectivity index (χ3n) is 10.9. The van der Waals surface area contributed by atoms with Crippen molar-refractivity contribution in [2.75, 3.05) is 0 Å². The van der Waals surface area contributed by atoms with E-state index < -0.39 is 0 Å². The van der Waals surface area contributed by atoms with Crippen LogP contribution in [0.25, 0.3) is 98.8 Å². The second-order valence-corrected chi connectivity index (χ2v) is 13.8. The topological polar surface area (TPSA) is 9.86 Å². The molecule has 0 saturated heterocycles. The molecule has 0 amide bonds. The molecule has 2 aromatic heterocycles. The van der Waals surface area contributed by atoms with Crippen molar-refractivity contribution in [1.82, 2.24) is 9.13 Å². The molecule has 2 heteroatoms. The molecular formula is C50H32N2. The van der Waals surface area contributed by atoms with Gasteiger partial charge < -0.3 is 9.13 Å². The van der Waals surface area contributed by atoms with Gasteiger partial charge in [-0.15, -0.1) is 0 Å². The van der Waals surface area contributed by atoms with Crippen LogP contribution in [0.2, 0.25) is 0 Å². The number of rotatable bonds is 4. The minimum Gasteiger partial charge on any atom is -0.309 e. The Hall–Kier alpha value is -6.90. The van der Waals surface area contributed by atoms with Crippen molar-refractivity contribution in [3.05, 3.63) is 194 Å². The van der Waals surface area contributed by atoms with Gasteiger partial charge in [-0.3, -0.25) is 0 Å². The first-order valence-electron chi connectivity index (χ1n) is 17.9. The Morgan fingerprint density at radius 3 is 1.04 bits per heavy atom. The van der Waals surface area contributed by atoms with Gasteiger partial charge >= 0.3 is 0 Å². The molecule has 0 spiro atoms. The highest BCUT2D eigenvalue weighted by Gasteiger charge is 2.15. The highest BCUT2D eigenvalue weighted by Crippen LogP contribution is 2.39. The van der Waals surface area contributed by atoms with Gasteiger partial charge in [0.05, 0.1) is 22.1 Å². The van der Waals surface area contributed by atoms with Crippen molar-refractivity contribution < 1.29 is 0 Å². The monoisotopic (exact) mass is 660 g/mol. The summed E-state index contributed by atoms with van der Waals surface area (Å²) in [5.74, 6) is 0. The van der Waals surface area contributed by atoms with Gasteiger partial charge in [-0.25, -0.2) is 0 Å². The Morgan fingerprint density at radius 2 is 0.577 bits per heavy atom. The average molecular weight is 661 g/mol. The number of hydrogen-bond donors (Lipinski definition) is 0. The van der Waals surface area contributed by atoms with Crippen LogP contribution in [-0.2, 0) is 0 Å². The van der Waals surface area contributed by atoms with Crippen LogP contribution in [0.3, 0.4) is 0 Å². The third-order valence-corrected chi connectivity index (χ3v) is 10.9. The Bertz CT molecular complexity index is 2950. The van der Waals surface area contributed by atoms with Crippen LogP contribution >= 0.6 is 0 Å². The van der Waals surface area contributed by atoms with Crippen LogP contribution in [0, 0.1) is 0 Å². The Morgan fingerprint density at radius 1 is 0.231 bits per heavy atom. The lowest BCUT2D eigenvalue weighted by molar-refractivity contribution is 1.18. The van der Waals surface area contributed by atoms with E-state index in [-0.39, 0.29) is 0 Å². The molecule has 2 nitrogen and oxygen atoms in total. The predicted molar refractivity (Wildman–Crippen MR) is 221 cm³/mol. The zero-order valence-electron chi connectivity index (χ0n) is 28.4. The molecular weight excluding hydrogens is 629 g/mol. The van der Waals surface area contributed by atoms with Gasteiger partial charge in [0.25, 0.3) is 0 Å². The molecule has 0 fully saturated rings. The number of para-hydroxylation sites is 4. The zero-order valence-corrected chi connectivity index (χ0v) is 28.4. The number of fused-ring (bicyclic) bond motifs is 9. The standard InChI is InChI=1S/C50H32N2/c1-3-11-39(12-4-1)51-47-17-9-7-15-41(47)43-27-25-37(31-49(43)51)35-23-21-33-19-20-34-22-24-36(30-46(34)45(33)29-35)38-26-28-44-42-16-8-10-18-48(42)52(50(44)32-38)40-13-5-2-6-14-40/h1-32H.